The van der Waals surface area contributed by atoms with Gasteiger partial charge in [0.25, 0.3) is 0 Å². The first-order valence-corrected chi connectivity index (χ1v) is 9.78. The lowest BCUT2D eigenvalue weighted by Crippen LogP contribution is -2.50. The van der Waals surface area contributed by atoms with Gasteiger partial charge in [-0.3, -0.25) is 4.90 Å². The van der Waals surface area contributed by atoms with E-state index in [2.05, 4.69) is 15.9 Å². The van der Waals surface area contributed by atoms with Crippen LogP contribution < -0.4 is 15.2 Å². The van der Waals surface area contributed by atoms with Crippen LogP contribution in [0.15, 0.2) is 18.2 Å². The van der Waals surface area contributed by atoms with Gasteiger partial charge in [-0.2, -0.15) is 0 Å². The number of piperidine rings is 1. The number of halogens is 2. The van der Waals surface area contributed by atoms with E-state index in [9.17, 15) is 5.11 Å². The van der Waals surface area contributed by atoms with E-state index in [0.717, 1.165) is 45.6 Å². The Morgan fingerprint density at radius 2 is 1.79 bits per heavy atom. The van der Waals surface area contributed by atoms with E-state index in [1.54, 1.807) is 14.2 Å². The third-order valence-electron chi connectivity index (χ3n) is 5.42. The lowest BCUT2D eigenvalue weighted by atomic mass is 10.1. The number of nitrogens with two attached hydrogens (primary N) is 1. The summed E-state index contributed by atoms with van der Waals surface area (Å²) in [6.07, 6.45) is 1.80. The molecule has 1 atom stereocenters. The van der Waals surface area contributed by atoms with Crippen molar-refractivity contribution in [2.45, 2.75) is 37.6 Å². The van der Waals surface area contributed by atoms with Crippen LogP contribution in [0.1, 0.15) is 18.4 Å². The van der Waals surface area contributed by atoms with Gasteiger partial charge in [-0.1, -0.05) is 6.07 Å². The second-order valence-electron chi connectivity index (χ2n) is 7.64. The van der Waals surface area contributed by atoms with Crippen LogP contribution in [0.5, 0.6) is 11.5 Å². The highest BCUT2D eigenvalue weighted by molar-refractivity contribution is 5.85. The fourth-order valence-corrected chi connectivity index (χ4v) is 3.66. The minimum absolute atomic E-state index is 0. The highest BCUT2D eigenvalue weighted by Gasteiger charge is 2.26. The van der Waals surface area contributed by atoms with Crippen LogP contribution in [-0.4, -0.2) is 86.7 Å². The number of aliphatic hydroxyl groups is 1. The van der Waals surface area contributed by atoms with Gasteiger partial charge in [-0.25, -0.2) is 0 Å². The summed E-state index contributed by atoms with van der Waals surface area (Å²) in [5, 5.41) is 10.3. The van der Waals surface area contributed by atoms with Crippen LogP contribution in [0.3, 0.4) is 0 Å². The molecule has 1 aromatic rings. The molecule has 168 valence electrons. The molecule has 7 nitrogen and oxygen atoms in total. The quantitative estimate of drug-likeness (QED) is 0.588. The lowest BCUT2D eigenvalue weighted by molar-refractivity contribution is -0.0334. The summed E-state index contributed by atoms with van der Waals surface area (Å²) in [7, 11) is 3.40. The van der Waals surface area contributed by atoms with Crippen molar-refractivity contribution in [3.8, 4) is 11.5 Å². The molecule has 0 bridgehead atoms. The maximum Gasteiger partial charge on any atom is 0.161 e. The Balaban J connectivity index is 0.00000210. The second kappa shape index (κ2) is 12.8. The molecule has 2 fully saturated rings. The van der Waals surface area contributed by atoms with Crippen LogP contribution in [0.2, 0.25) is 0 Å². The molecule has 0 spiro atoms. The summed E-state index contributed by atoms with van der Waals surface area (Å²) < 4.78 is 16.6. The predicted molar refractivity (Wildman–Crippen MR) is 119 cm³/mol. The first kappa shape index (κ1) is 26.2. The number of nitrogens with zero attached hydrogens (tertiary/aromatic N) is 2. The van der Waals surface area contributed by atoms with E-state index in [1.165, 1.54) is 5.56 Å². The van der Waals surface area contributed by atoms with E-state index in [1.807, 2.05) is 12.1 Å². The lowest BCUT2D eigenvalue weighted by Gasteiger charge is -2.38. The van der Waals surface area contributed by atoms with Crippen LogP contribution in [0, 0.1) is 0 Å². The average molecular weight is 452 g/mol. The number of likely N-dealkylation sites (tertiary alicyclic amines) is 2. The molecule has 2 saturated heterocycles. The molecule has 3 N–H and O–H groups in total. The number of ether oxygens (including phenoxy) is 3. The predicted octanol–water partition coefficient (Wildman–Crippen LogP) is 1.53. The van der Waals surface area contributed by atoms with Crippen LogP contribution >= 0.6 is 24.8 Å². The minimum Gasteiger partial charge on any atom is -0.493 e. The minimum atomic E-state index is -0.532. The molecule has 3 rings (SSSR count). The van der Waals surface area contributed by atoms with Crippen molar-refractivity contribution in [1.29, 1.82) is 0 Å². The number of hydrogen-bond donors (Lipinski definition) is 2. The van der Waals surface area contributed by atoms with Crippen molar-refractivity contribution < 1.29 is 19.3 Å². The molecule has 29 heavy (non-hydrogen) atoms. The van der Waals surface area contributed by atoms with E-state index >= 15 is 0 Å². The van der Waals surface area contributed by atoms with Gasteiger partial charge in [0.15, 0.2) is 11.5 Å². The SMILES string of the molecule is COc1cc(CN2CC(OC)C2)ccc1OCC(O)CN1CCC(N)CC1.Cl.Cl. The van der Waals surface area contributed by atoms with Crippen molar-refractivity contribution in [2.24, 2.45) is 5.73 Å². The standard InChI is InChI=1S/C20H33N3O4.2ClH/c1-25-18-12-23(13-18)10-15-3-4-19(20(9-15)26-2)27-14-17(24)11-22-7-5-16(21)6-8-22;;/h3-4,9,16-18,24H,5-8,10-14,21H2,1-2H3;2*1H. The molecule has 0 amide bonds. The summed E-state index contributed by atoms with van der Waals surface area (Å²) >= 11 is 0. The van der Waals surface area contributed by atoms with Gasteiger partial charge >= 0.3 is 0 Å². The third kappa shape index (κ3) is 7.75. The van der Waals surface area contributed by atoms with Crippen LogP contribution in [0.4, 0.5) is 0 Å². The monoisotopic (exact) mass is 451 g/mol. The molecular formula is C20H35Cl2N3O4. The van der Waals surface area contributed by atoms with Crippen LogP contribution in [-0.2, 0) is 11.3 Å². The van der Waals surface area contributed by atoms with Gasteiger partial charge in [0.2, 0.25) is 0 Å². The largest absolute Gasteiger partial charge is 0.493 e. The van der Waals surface area contributed by atoms with Gasteiger partial charge < -0.3 is 30.0 Å². The topological polar surface area (TPSA) is 80.4 Å². The molecule has 0 aliphatic carbocycles. The summed E-state index contributed by atoms with van der Waals surface area (Å²) in [6.45, 7) is 5.54. The summed E-state index contributed by atoms with van der Waals surface area (Å²) in [5.74, 6) is 1.37. The van der Waals surface area contributed by atoms with E-state index in [4.69, 9.17) is 19.9 Å². The average Bonchev–Trinajstić information content (AvgIpc) is 2.64. The van der Waals surface area contributed by atoms with Gasteiger partial charge in [0, 0.05) is 39.3 Å². The molecule has 0 radical (unpaired) electrons. The number of benzene rings is 1. The van der Waals surface area contributed by atoms with Gasteiger partial charge in [0.05, 0.1) is 13.2 Å². The zero-order valence-electron chi connectivity index (χ0n) is 17.3. The highest BCUT2D eigenvalue weighted by atomic mass is 35.5. The zero-order chi connectivity index (χ0) is 19.2. The molecule has 2 aliphatic rings. The van der Waals surface area contributed by atoms with E-state index < -0.39 is 6.10 Å². The number of methoxy groups -OCH3 is 2. The zero-order valence-corrected chi connectivity index (χ0v) is 18.9. The Bertz CT molecular complexity index is 597. The number of β-amino-alcohol motifs (C(OH)–C–C–N with tert-alkyl or cyclic N) is 1. The van der Waals surface area contributed by atoms with Crippen molar-refractivity contribution in [3.63, 3.8) is 0 Å². The van der Waals surface area contributed by atoms with Crippen molar-refractivity contribution in [2.75, 3.05) is 53.6 Å². The molecular weight excluding hydrogens is 417 g/mol. The molecule has 2 heterocycles. The smallest absolute Gasteiger partial charge is 0.161 e. The van der Waals surface area contributed by atoms with Gasteiger partial charge in [0.1, 0.15) is 12.7 Å². The number of hydrogen-bond acceptors (Lipinski definition) is 7. The van der Waals surface area contributed by atoms with E-state index in [0.29, 0.717) is 30.2 Å². The highest BCUT2D eigenvalue weighted by Crippen LogP contribution is 2.29. The number of rotatable bonds is 9. The Morgan fingerprint density at radius 1 is 1.10 bits per heavy atom. The summed E-state index contributed by atoms with van der Waals surface area (Å²) in [5.41, 5.74) is 7.11. The Hall–Kier alpha value is -0.800. The normalized spacial score (nSPS) is 19.6. The van der Waals surface area contributed by atoms with Crippen molar-refractivity contribution in [3.05, 3.63) is 23.8 Å². The fraction of sp³-hybridized carbons (Fsp3) is 0.700. The number of aliphatic hydroxyl groups excluding tert-OH is 1. The van der Waals surface area contributed by atoms with Gasteiger partial charge in [-0.15, -0.1) is 24.8 Å². The van der Waals surface area contributed by atoms with Gasteiger partial charge in [-0.05, 0) is 43.6 Å². The Labute approximate surface area is 186 Å². The van der Waals surface area contributed by atoms with E-state index in [-0.39, 0.29) is 31.4 Å². The van der Waals surface area contributed by atoms with Crippen LogP contribution in [0.25, 0.3) is 0 Å². The molecule has 0 aromatic heterocycles. The Morgan fingerprint density at radius 3 is 2.41 bits per heavy atom. The second-order valence-corrected chi connectivity index (χ2v) is 7.64. The first-order chi connectivity index (χ1) is 13.1. The molecule has 1 unspecified atom stereocenters. The molecule has 9 heteroatoms. The molecule has 2 aliphatic heterocycles. The third-order valence-corrected chi connectivity index (χ3v) is 5.42. The molecule has 1 aromatic carbocycles. The first-order valence-electron chi connectivity index (χ1n) is 9.78. The molecule has 0 saturated carbocycles. The van der Waals surface area contributed by atoms with Crippen molar-refractivity contribution in [1.82, 2.24) is 9.80 Å². The maximum atomic E-state index is 10.3. The summed E-state index contributed by atoms with van der Waals surface area (Å²) in [6, 6.07) is 6.28. The Kier molecular flexibility index (Phi) is 11.6. The summed E-state index contributed by atoms with van der Waals surface area (Å²) in [4.78, 5) is 4.58. The fourth-order valence-electron chi connectivity index (χ4n) is 3.66. The van der Waals surface area contributed by atoms with Crippen molar-refractivity contribution >= 4 is 24.8 Å². The maximum absolute atomic E-state index is 10.3.